The predicted molar refractivity (Wildman–Crippen MR) is 48.3 cm³/mol. The summed E-state index contributed by atoms with van der Waals surface area (Å²) in [6.07, 6.45) is 0. The summed E-state index contributed by atoms with van der Waals surface area (Å²) in [6, 6.07) is 0. The fourth-order valence-corrected chi connectivity index (χ4v) is 0.715. The topological polar surface area (TPSA) is 9.23 Å². The van der Waals surface area contributed by atoms with Gasteiger partial charge in [-0.3, -0.25) is 0 Å². The van der Waals surface area contributed by atoms with Crippen LogP contribution in [0.15, 0.2) is 0 Å². The van der Waals surface area contributed by atoms with Crippen molar-refractivity contribution in [2.24, 2.45) is 0 Å². The van der Waals surface area contributed by atoms with Crippen LogP contribution in [-0.2, 0) is 4.74 Å². The molecule has 0 aliphatic rings. The molecule has 0 rings (SSSR count). The van der Waals surface area contributed by atoms with Crippen LogP contribution < -0.4 is 0 Å². The van der Waals surface area contributed by atoms with E-state index in [0.717, 1.165) is 11.0 Å². The van der Waals surface area contributed by atoms with Crippen molar-refractivity contribution in [1.82, 2.24) is 0 Å². The lowest BCUT2D eigenvalue weighted by atomic mass is 10.8. The van der Waals surface area contributed by atoms with Gasteiger partial charge in [-0.1, -0.05) is 45.2 Å². The third-order valence-electron chi connectivity index (χ3n) is 0.425. The lowest BCUT2D eigenvalue weighted by molar-refractivity contribution is 0.152. The van der Waals surface area contributed by atoms with Crippen LogP contribution >= 0.6 is 45.2 Å². The van der Waals surface area contributed by atoms with Crippen molar-refractivity contribution in [3.05, 3.63) is 0 Å². The molecule has 7 heavy (non-hydrogen) atoms. The first-order chi connectivity index (χ1) is 3.27. The number of hydrogen-bond acceptors (Lipinski definition) is 1. The van der Waals surface area contributed by atoms with Crippen LogP contribution in [0.3, 0.4) is 0 Å². The summed E-state index contributed by atoms with van der Waals surface area (Å²) in [4.78, 5) is 0. The summed E-state index contributed by atoms with van der Waals surface area (Å²) in [5.41, 5.74) is 0. The summed E-state index contributed by atoms with van der Waals surface area (Å²) in [5, 5.41) is 0. The average Bonchev–Trinajstić information content (AvgIpc) is 1.61. The molecule has 1 unspecified atom stereocenters. The minimum Gasteiger partial charge on any atom is -0.367 e. The molecule has 0 aromatic rings. The van der Waals surface area contributed by atoms with Crippen molar-refractivity contribution in [3.8, 4) is 0 Å². The van der Waals surface area contributed by atoms with Crippen LogP contribution in [-0.4, -0.2) is 15.1 Å². The van der Waals surface area contributed by atoms with E-state index in [1.807, 2.05) is 6.92 Å². The van der Waals surface area contributed by atoms with Crippen molar-refractivity contribution in [1.29, 1.82) is 0 Å². The molecule has 0 saturated carbocycles. The molecule has 0 radical (unpaired) electrons. The summed E-state index contributed by atoms with van der Waals surface area (Å²) >= 11 is 4.53. The first kappa shape index (κ1) is 8.42. The fourth-order valence-electron chi connectivity index (χ4n) is 0.207. The van der Waals surface area contributed by atoms with Crippen LogP contribution in [0.25, 0.3) is 0 Å². The molecule has 0 aliphatic carbocycles. The van der Waals surface area contributed by atoms with E-state index in [-0.39, 0.29) is 0 Å². The van der Waals surface area contributed by atoms with Crippen molar-refractivity contribution in [3.63, 3.8) is 0 Å². The van der Waals surface area contributed by atoms with Crippen LogP contribution in [0.4, 0.5) is 0 Å². The standard InChI is InChI=1S/C4H8I2O/c1-4(6)7-3-2-5/h4H,2-3H2,1H3. The highest BCUT2D eigenvalue weighted by Crippen LogP contribution is 1.99. The molecule has 0 fully saturated rings. The van der Waals surface area contributed by atoms with E-state index >= 15 is 0 Å². The average molecular weight is 326 g/mol. The van der Waals surface area contributed by atoms with Crippen LogP contribution in [0.5, 0.6) is 0 Å². The highest BCUT2D eigenvalue weighted by atomic mass is 127. The summed E-state index contributed by atoms with van der Waals surface area (Å²) in [7, 11) is 0. The zero-order valence-electron chi connectivity index (χ0n) is 4.16. The van der Waals surface area contributed by atoms with Crippen LogP contribution in [0.1, 0.15) is 6.92 Å². The van der Waals surface area contributed by atoms with E-state index in [2.05, 4.69) is 45.2 Å². The SMILES string of the molecule is CC(I)OCCI. The Kier molecular flexibility index (Phi) is 6.68. The van der Waals surface area contributed by atoms with Gasteiger partial charge < -0.3 is 4.74 Å². The highest BCUT2D eigenvalue weighted by molar-refractivity contribution is 14.1. The summed E-state index contributed by atoms with van der Waals surface area (Å²) in [5.74, 6) is 0. The predicted octanol–water partition coefficient (Wildman–Crippen LogP) is 2.22. The molecular formula is C4H8I2O. The smallest absolute Gasteiger partial charge is 0.106 e. The number of alkyl halides is 2. The Morgan fingerprint density at radius 3 is 2.43 bits per heavy atom. The maximum atomic E-state index is 5.17. The van der Waals surface area contributed by atoms with Gasteiger partial charge >= 0.3 is 0 Å². The van der Waals surface area contributed by atoms with Gasteiger partial charge in [-0.05, 0) is 6.92 Å². The lowest BCUT2D eigenvalue weighted by Gasteiger charge is -2.00. The molecule has 1 nitrogen and oxygen atoms in total. The molecule has 0 spiro atoms. The molecule has 0 bridgehead atoms. The van der Waals surface area contributed by atoms with Gasteiger partial charge in [0.25, 0.3) is 0 Å². The Hall–Kier alpha value is 1.42. The van der Waals surface area contributed by atoms with Gasteiger partial charge in [0.05, 0.1) is 6.61 Å². The molecule has 0 saturated heterocycles. The molecule has 0 aromatic heterocycles. The molecule has 3 heteroatoms. The summed E-state index contributed by atoms with van der Waals surface area (Å²) < 4.78 is 6.63. The van der Waals surface area contributed by atoms with Gasteiger partial charge in [0, 0.05) is 4.43 Å². The van der Waals surface area contributed by atoms with Gasteiger partial charge in [0.15, 0.2) is 0 Å². The first-order valence-electron chi connectivity index (χ1n) is 2.09. The van der Waals surface area contributed by atoms with E-state index in [1.54, 1.807) is 0 Å². The van der Waals surface area contributed by atoms with Crippen LogP contribution in [0.2, 0.25) is 0 Å². The Morgan fingerprint density at radius 2 is 2.29 bits per heavy atom. The number of hydrogen-bond donors (Lipinski definition) is 0. The van der Waals surface area contributed by atoms with Crippen molar-refractivity contribution >= 4 is 45.2 Å². The highest BCUT2D eigenvalue weighted by Gasteiger charge is 1.89. The second-order valence-electron chi connectivity index (χ2n) is 1.10. The Balaban J connectivity index is 2.68. The normalized spacial score (nSPS) is 14.1. The van der Waals surface area contributed by atoms with E-state index in [9.17, 15) is 0 Å². The number of halogens is 2. The second-order valence-corrected chi connectivity index (χ2v) is 3.94. The van der Waals surface area contributed by atoms with E-state index in [0.29, 0.717) is 4.11 Å². The fraction of sp³-hybridized carbons (Fsp3) is 1.00. The minimum atomic E-state index is 0.368. The molecule has 0 aromatic carbocycles. The maximum Gasteiger partial charge on any atom is 0.106 e. The van der Waals surface area contributed by atoms with Gasteiger partial charge in [-0.2, -0.15) is 0 Å². The summed E-state index contributed by atoms with van der Waals surface area (Å²) in [6.45, 7) is 2.91. The van der Waals surface area contributed by atoms with E-state index in [4.69, 9.17) is 4.74 Å². The Morgan fingerprint density at radius 1 is 1.71 bits per heavy atom. The van der Waals surface area contributed by atoms with E-state index in [1.165, 1.54) is 0 Å². The van der Waals surface area contributed by atoms with Crippen molar-refractivity contribution in [2.75, 3.05) is 11.0 Å². The zero-order valence-corrected chi connectivity index (χ0v) is 8.47. The Bertz CT molecular complexity index is 38.7. The number of ether oxygens (including phenoxy) is 1. The maximum absolute atomic E-state index is 5.17. The monoisotopic (exact) mass is 326 g/mol. The van der Waals surface area contributed by atoms with Crippen LogP contribution in [0, 0.1) is 0 Å². The molecule has 1 atom stereocenters. The lowest BCUT2D eigenvalue weighted by Crippen LogP contribution is -2.00. The van der Waals surface area contributed by atoms with Crippen molar-refractivity contribution < 1.29 is 4.74 Å². The molecule has 0 amide bonds. The molecule has 0 heterocycles. The molecular weight excluding hydrogens is 318 g/mol. The first-order valence-corrected chi connectivity index (χ1v) is 4.86. The van der Waals surface area contributed by atoms with Crippen molar-refractivity contribution in [2.45, 2.75) is 11.0 Å². The largest absolute Gasteiger partial charge is 0.367 e. The van der Waals surface area contributed by atoms with Gasteiger partial charge in [0.1, 0.15) is 4.11 Å². The molecule has 0 N–H and O–H groups in total. The van der Waals surface area contributed by atoms with E-state index < -0.39 is 0 Å². The Labute approximate surface area is 71.5 Å². The van der Waals surface area contributed by atoms with Gasteiger partial charge in [-0.25, -0.2) is 0 Å². The third kappa shape index (κ3) is 7.42. The van der Waals surface area contributed by atoms with Gasteiger partial charge in [0.2, 0.25) is 0 Å². The third-order valence-corrected chi connectivity index (χ3v) is 1.22. The molecule has 44 valence electrons. The number of rotatable bonds is 3. The van der Waals surface area contributed by atoms with Gasteiger partial charge in [-0.15, -0.1) is 0 Å². The second kappa shape index (κ2) is 5.55. The molecule has 0 aliphatic heterocycles. The quantitative estimate of drug-likeness (QED) is 0.571. The minimum absolute atomic E-state index is 0.368. The zero-order chi connectivity index (χ0) is 5.70.